The Labute approximate surface area is 108 Å². The molecule has 0 saturated carbocycles. The molecule has 2 atom stereocenters. The van der Waals surface area contributed by atoms with Gasteiger partial charge in [0.15, 0.2) is 0 Å². The summed E-state index contributed by atoms with van der Waals surface area (Å²) >= 11 is 0. The number of rotatable bonds is 4. The van der Waals surface area contributed by atoms with Gasteiger partial charge in [0.05, 0.1) is 6.04 Å². The van der Waals surface area contributed by atoms with Crippen LogP contribution >= 0.6 is 0 Å². The first-order chi connectivity index (χ1) is 8.74. The molecule has 4 nitrogen and oxygen atoms in total. The Morgan fingerprint density at radius 2 is 2.06 bits per heavy atom. The quantitative estimate of drug-likeness (QED) is 0.819. The largest absolute Gasteiger partial charge is 0.358 e. The van der Waals surface area contributed by atoms with Crippen molar-refractivity contribution in [1.82, 2.24) is 15.5 Å². The number of carbonyl (C=O) groups excluding carboxylic acids is 1. The summed E-state index contributed by atoms with van der Waals surface area (Å²) in [6.07, 6.45) is 0.878. The SMILES string of the molecule is CNC(=O)[C@@H]1C[C@H](NC)CN1Cc1ccccc1. The number of nitrogens with zero attached hydrogens (tertiary/aromatic N) is 1. The van der Waals surface area contributed by atoms with E-state index >= 15 is 0 Å². The molecule has 2 rings (SSSR count). The molecule has 0 bridgehead atoms. The lowest BCUT2D eigenvalue weighted by atomic mass is 10.1. The normalized spacial score (nSPS) is 24.1. The highest BCUT2D eigenvalue weighted by atomic mass is 16.2. The molecule has 0 unspecified atom stereocenters. The van der Waals surface area contributed by atoms with E-state index in [0.717, 1.165) is 19.5 Å². The van der Waals surface area contributed by atoms with Crippen molar-refractivity contribution in [3.63, 3.8) is 0 Å². The van der Waals surface area contributed by atoms with Crippen LogP contribution in [-0.2, 0) is 11.3 Å². The predicted octanol–water partition coefficient (Wildman–Crippen LogP) is 0.595. The zero-order valence-electron chi connectivity index (χ0n) is 11.0. The van der Waals surface area contributed by atoms with Gasteiger partial charge in [-0.1, -0.05) is 30.3 Å². The van der Waals surface area contributed by atoms with Crippen molar-refractivity contribution >= 4 is 5.91 Å². The van der Waals surface area contributed by atoms with Crippen LogP contribution in [0.2, 0.25) is 0 Å². The summed E-state index contributed by atoms with van der Waals surface area (Å²) in [6, 6.07) is 10.7. The number of benzene rings is 1. The van der Waals surface area contributed by atoms with E-state index in [2.05, 4.69) is 27.7 Å². The van der Waals surface area contributed by atoms with Crippen LogP contribution in [0, 0.1) is 0 Å². The molecule has 2 N–H and O–H groups in total. The van der Waals surface area contributed by atoms with E-state index in [1.807, 2.05) is 25.2 Å². The fourth-order valence-electron chi connectivity index (χ4n) is 2.54. The Bertz CT molecular complexity index is 393. The summed E-state index contributed by atoms with van der Waals surface area (Å²) < 4.78 is 0. The number of carbonyl (C=O) groups is 1. The van der Waals surface area contributed by atoms with E-state index in [1.54, 1.807) is 7.05 Å². The van der Waals surface area contributed by atoms with Crippen molar-refractivity contribution in [3.05, 3.63) is 35.9 Å². The highest BCUT2D eigenvalue weighted by Crippen LogP contribution is 2.20. The second-order valence-corrected chi connectivity index (χ2v) is 4.77. The van der Waals surface area contributed by atoms with Crippen LogP contribution in [0.1, 0.15) is 12.0 Å². The molecule has 1 saturated heterocycles. The first-order valence-electron chi connectivity index (χ1n) is 6.41. The second-order valence-electron chi connectivity index (χ2n) is 4.77. The maximum atomic E-state index is 11.9. The fourth-order valence-corrected chi connectivity index (χ4v) is 2.54. The van der Waals surface area contributed by atoms with E-state index in [-0.39, 0.29) is 11.9 Å². The molecule has 0 radical (unpaired) electrons. The summed E-state index contributed by atoms with van der Waals surface area (Å²) in [5.41, 5.74) is 1.25. The number of hydrogen-bond donors (Lipinski definition) is 2. The van der Waals surface area contributed by atoms with E-state index in [0.29, 0.717) is 6.04 Å². The van der Waals surface area contributed by atoms with Crippen molar-refractivity contribution in [2.24, 2.45) is 0 Å². The Kier molecular flexibility index (Phi) is 4.33. The topological polar surface area (TPSA) is 44.4 Å². The maximum absolute atomic E-state index is 11.9. The van der Waals surface area contributed by atoms with Crippen LogP contribution in [0.5, 0.6) is 0 Å². The Balaban J connectivity index is 2.07. The van der Waals surface area contributed by atoms with Gasteiger partial charge in [-0.05, 0) is 19.0 Å². The number of amides is 1. The molecule has 1 aromatic carbocycles. The van der Waals surface area contributed by atoms with Gasteiger partial charge in [-0.15, -0.1) is 0 Å². The Morgan fingerprint density at radius 1 is 1.33 bits per heavy atom. The molecule has 0 spiro atoms. The third-order valence-corrected chi connectivity index (χ3v) is 3.59. The van der Waals surface area contributed by atoms with Crippen molar-refractivity contribution in [3.8, 4) is 0 Å². The van der Waals surface area contributed by atoms with Crippen LogP contribution in [0.25, 0.3) is 0 Å². The summed E-state index contributed by atoms with van der Waals surface area (Å²) in [7, 11) is 3.66. The highest BCUT2D eigenvalue weighted by molar-refractivity contribution is 5.81. The monoisotopic (exact) mass is 247 g/mol. The minimum Gasteiger partial charge on any atom is -0.358 e. The van der Waals surface area contributed by atoms with E-state index in [4.69, 9.17) is 0 Å². The van der Waals surface area contributed by atoms with E-state index in [1.165, 1.54) is 5.56 Å². The van der Waals surface area contributed by atoms with Gasteiger partial charge in [0.2, 0.25) is 5.91 Å². The highest BCUT2D eigenvalue weighted by Gasteiger charge is 2.35. The van der Waals surface area contributed by atoms with Crippen LogP contribution in [0.15, 0.2) is 30.3 Å². The van der Waals surface area contributed by atoms with Gasteiger partial charge in [-0.3, -0.25) is 9.69 Å². The summed E-state index contributed by atoms with van der Waals surface area (Å²) in [4.78, 5) is 14.1. The molecule has 1 heterocycles. The van der Waals surface area contributed by atoms with Crippen LogP contribution in [0.4, 0.5) is 0 Å². The number of nitrogens with one attached hydrogen (secondary N) is 2. The average molecular weight is 247 g/mol. The average Bonchev–Trinajstić information content (AvgIpc) is 2.82. The predicted molar refractivity (Wildman–Crippen MR) is 72.2 cm³/mol. The lowest BCUT2D eigenvalue weighted by Gasteiger charge is -2.22. The van der Waals surface area contributed by atoms with E-state index in [9.17, 15) is 4.79 Å². The minimum atomic E-state index is -0.0207. The molecule has 1 aliphatic heterocycles. The van der Waals surface area contributed by atoms with Crippen LogP contribution in [0.3, 0.4) is 0 Å². The van der Waals surface area contributed by atoms with E-state index < -0.39 is 0 Å². The molecule has 0 aromatic heterocycles. The zero-order valence-corrected chi connectivity index (χ0v) is 11.0. The second kappa shape index (κ2) is 5.98. The Hall–Kier alpha value is -1.39. The van der Waals surface area contributed by atoms with Gasteiger partial charge in [0, 0.05) is 26.2 Å². The molecule has 98 valence electrons. The lowest BCUT2D eigenvalue weighted by Crippen LogP contribution is -2.41. The van der Waals surface area contributed by atoms with Gasteiger partial charge in [0.25, 0.3) is 0 Å². The smallest absolute Gasteiger partial charge is 0.237 e. The molecule has 1 fully saturated rings. The van der Waals surface area contributed by atoms with Crippen LogP contribution < -0.4 is 10.6 Å². The zero-order chi connectivity index (χ0) is 13.0. The molecule has 1 amide bonds. The molecule has 1 aliphatic rings. The number of likely N-dealkylation sites (N-methyl/N-ethyl adjacent to an activating group) is 2. The van der Waals surface area contributed by atoms with Gasteiger partial charge in [0.1, 0.15) is 0 Å². The van der Waals surface area contributed by atoms with Crippen molar-refractivity contribution in [2.45, 2.75) is 25.0 Å². The standard InChI is InChI=1S/C14H21N3O/c1-15-12-8-13(14(18)16-2)17(10-12)9-11-6-4-3-5-7-11/h3-7,12-13,15H,8-10H2,1-2H3,(H,16,18)/t12-,13-/m0/s1. The third-order valence-electron chi connectivity index (χ3n) is 3.59. The van der Waals surface area contributed by atoms with Gasteiger partial charge in [-0.2, -0.15) is 0 Å². The van der Waals surface area contributed by atoms with Crippen molar-refractivity contribution in [1.29, 1.82) is 0 Å². The fraction of sp³-hybridized carbons (Fsp3) is 0.500. The van der Waals surface area contributed by atoms with Crippen LogP contribution in [-0.4, -0.2) is 43.5 Å². The lowest BCUT2D eigenvalue weighted by molar-refractivity contribution is -0.125. The molecular formula is C14H21N3O. The minimum absolute atomic E-state index is 0.0207. The third kappa shape index (κ3) is 2.89. The first-order valence-corrected chi connectivity index (χ1v) is 6.41. The summed E-state index contributed by atoms with van der Waals surface area (Å²) in [6.45, 7) is 1.75. The number of hydrogen-bond acceptors (Lipinski definition) is 3. The molecule has 0 aliphatic carbocycles. The molecule has 18 heavy (non-hydrogen) atoms. The van der Waals surface area contributed by atoms with Gasteiger partial charge < -0.3 is 10.6 Å². The molecular weight excluding hydrogens is 226 g/mol. The van der Waals surface area contributed by atoms with Crippen molar-refractivity contribution < 1.29 is 4.79 Å². The Morgan fingerprint density at radius 3 is 2.67 bits per heavy atom. The summed E-state index contributed by atoms with van der Waals surface area (Å²) in [5, 5.41) is 6.03. The summed E-state index contributed by atoms with van der Waals surface area (Å²) in [5.74, 6) is 0.115. The maximum Gasteiger partial charge on any atom is 0.237 e. The van der Waals surface area contributed by atoms with Gasteiger partial charge >= 0.3 is 0 Å². The van der Waals surface area contributed by atoms with Crippen molar-refractivity contribution in [2.75, 3.05) is 20.6 Å². The van der Waals surface area contributed by atoms with Gasteiger partial charge in [-0.25, -0.2) is 0 Å². The molecule has 1 aromatic rings. The number of likely N-dealkylation sites (tertiary alicyclic amines) is 1. The first kappa shape index (κ1) is 13.1. The molecule has 4 heteroatoms.